The molecule has 8 heteroatoms. The molecule has 1 atom stereocenters. The molecule has 0 fully saturated rings. The van der Waals surface area contributed by atoms with Crippen molar-refractivity contribution < 1.29 is 9.15 Å². The lowest BCUT2D eigenvalue weighted by Gasteiger charge is -2.16. The van der Waals surface area contributed by atoms with E-state index in [2.05, 4.69) is 9.97 Å². The molecule has 2 aromatic heterocycles. The molecule has 2 heterocycles. The van der Waals surface area contributed by atoms with E-state index in [-0.39, 0.29) is 17.0 Å². The zero-order valence-electron chi connectivity index (χ0n) is 14.1. The number of hydrogen-bond acceptors (Lipinski definition) is 7. The molecule has 134 valence electrons. The Hall–Kier alpha value is -3.37. The first-order valence-electron chi connectivity index (χ1n) is 8.20. The van der Waals surface area contributed by atoms with Gasteiger partial charge in [-0.3, -0.25) is 5.41 Å². The number of nitrogens with zero attached hydrogens (tertiary/aromatic N) is 3. The van der Waals surface area contributed by atoms with E-state index in [1.165, 1.54) is 12.6 Å². The highest BCUT2D eigenvalue weighted by molar-refractivity contribution is 6.30. The van der Waals surface area contributed by atoms with Crippen molar-refractivity contribution >= 4 is 23.0 Å². The minimum atomic E-state index is -0.277. The number of oxazole rings is 1. The van der Waals surface area contributed by atoms with E-state index in [0.717, 1.165) is 24.1 Å². The Labute approximate surface area is 159 Å². The van der Waals surface area contributed by atoms with Gasteiger partial charge in [0.05, 0.1) is 17.5 Å². The van der Waals surface area contributed by atoms with Crippen LogP contribution in [0.4, 0.5) is 5.69 Å². The Kier molecular flexibility index (Phi) is 4.26. The summed E-state index contributed by atoms with van der Waals surface area (Å²) >= 11 is 6.07. The molecular weight excluding hydrogens is 366 g/mol. The van der Waals surface area contributed by atoms with Crippen molar-refractivity contribution in [2.75, 3.05) is 5.73 Å². The van der Waals surface area contributed by atoms with Crippen molar-refractivity contribution in [3.05, 3.63) is 70.2 Å². The molecule has 1 unspecified atom stereocenters. The maximum absolute atomic E-state index is 9.09. The summed E-state index contributed by atoms with van der Waals surface area (Å²) in [5, 5.41) is 17.5. The molecule has 0 bridgehead atoms. The summed E-state index contributed by atoms with van der Waals surface area (Å²) in [7, 11) is 0. The number of aromatic nitrogens is 2. The van der Waals surface area contributed by atoms with E-state index >= 15 is 0 Å². The Morgan fingerprint density at radius 2 is 2.26 bits per heavy atom. The summed E-state index contributed by atoms with van der Waals surface area (Å²) in [6.45, 7) is 0. The van der Waals surface area contributed by atoms with Gasteiger partial charge in [-0.05, 0) is 42.7 Å². The Morgan fingerprint density at radius 1 is 1.41 bits per heavy atom. The van der Waals surface area contributed by atoms with Gasteiger partial charge in [-0.2, -0.15) is 5.26 Å². The van der Waals surface area contributed by atoms with E-state index in [4.69, 9.17) is 37.2 Å². The highest BCUT2D eigenvalue weighted by Gasteiger charge is 2.28. The monoisotopic (exact) mass is 379 g/mol. The van der Waals surface area contributed by atoms with Crippen LogP contribution in [0.3, 0.4) is 0 Å². The van der Waals surface area contributed by atoms with Crippen LogP contribution in [0, 0.1) is 16.7 Å². The molecule has 4 rings (SSSR count). The molecule has 1 aliphatic rings. The van der Waals surface area contributed by atoms with Gasteiger partial charge < -0.3 is 14.9 Å². The average Bonchev–Trinajstić information content (AvgIpc) is 3.33. The van der Waals surface area contributed by atoms with Crippen molar-refractivity contribution in [3.8, 4) is 11.8 Å². The number of anilines is 1. The van der Waals surface area contributed by atoms with Crippen molar-refractivity contribution in [1.82, 2.24) is 9.97 Å². The molecule has 0 amide bonds. The number of fused-ring (bicyclic) bond motifs is 1. The smallest absolute Gasteiger partial charge is 0.181 e. The number of nitriles is 1. The number of ether oxygens (including phenoxy) is 1. The summed E-state index contributed by atoms with van der Waals surface area (Å²) in [6, 6.07) is 8.94. The van der Waals surface area contributed by atoms with E-state index in [9.17, 15) is 0 Å². The van der Waals surface area contributed by atoms with Crippen LogP contribution in [-0.2, 0) is 6.42 Å². The Bertz CT molecular complexity index is 1070. The number of benzene rings is 1. The van der Waals surface area contributed by atoms with Crippen molar-refractivity contribution in [2.24, 2.45) is 0 Å². The van der Waals surface area contributed by atoms with E-state index in [0.29, 0.717) is 28.3 Å². The molecule has 1 aliphatic carbocycles. The highest BCUT2D eigenvalue weighted by atomic mass is 35.5. The topological polar surface area (TPSA) is 122 Å². The van der Waals surface area contributed by atoms with Gasteiger partial charge in [0.1, 0.15) is 28.8 Å². The summed E-state index contributed by atoms with van der Waals surface area (Å²) in [5.74, 6) is 0.881. The average molecular weight is 380 g/mol. The zero-order chi connectivity index (χ0) is 19.0. The first kappa shape index (κ1) is 17.1. The SMILES string of the molecule is N#Cc1cc2c(nc1Cl)C(Oc1ccc(N)c(C(=N)c3cnco3)c1)CC2. The quantitative estimate of drug-likeness (QED) is 0.405. The van der Waals surface area contributed by atoms with Crippen LogP contribution in [0.1, 0.15) is 40.7 Å². The van der Waals surface area contributed by atoms with Gasteiger partial charge in [0.25, 0.3) is 0 Å². The number of pyridine rings is 1. The zero-order valence-corrected chi connectivity index (χ0v) is 14.8. The second-order valence-corrected chi connectivity index (χ2v) is 6.48. The molecule has 3 aromatic rings. The van der Waals surface area contributed by atoms with Crippen molar-refractivity contribution in [2.45, 2.75) is 18.9 Å². The molecule has 0 saturated carbocycles. The summed E-state index contributed by atoms with van der Waals surface area (Å²) < 4.78 is 11.3. The lowest BCUT2D eigenvalue weighted by atomic mass is 10.1. The number of aryl methyl sites for hydroxylation is 1. The van der Waals surface area contributed by atoms with Crippen LogP contribution in [0.2, 0.25) is 5.15 Å². The third-order valence-electron chi connectivity index (χ3n) is 4.44. The molecule has 0 spiro atoms. The predicted molar refractivity (Wildman–Crippen MR) is 98.9 cm³/mol. The summed E-state index contributed by atoms with van der Waals surface area (Å²) in [6.07, 6.45) is 3.93. The van der Waals surface area contributed by atoms with Crippen LogP contribution < -0.4 is 10.5 Å². The minimum Gasteiger partial charge on any atom is -0.484 e. The third kappa shape index (κ3) is 3.11. The van der Waals surface area contributed by atoms with Crippen molar-refractivity contribution in [3.63, 3.8) is 0 Å². The van der Waals surface area contributed by atoms with Gasteiger partial charge in [-0.1, -0.05) is 11.6 Å². The first-order valence-corrected chi connectivity index (χ1v) is 8.58. The third-order valence-corrected chi connectivity index (χ3v) is 4.73. The molecule has 0 saturated heterocycles. The minimum absolute atomic E-state index is 0.127. The molecular formula is C19H14ClN5O2. The van der Waals surface area contributed by atoms with Gasteiger partial charge in [0.2, 0.25) is 0 Å². The summed E-state index contributed by atoms with van der Waals surface area (Å²) in [5.41, 5.74) is 9.14. The van der Waals surface area contributed by atoms with Crippen molar-refractivity contribution in [1.29, 1.82) is 10.7 Å². The fraction of sp³-hybridized carbons (Fsp3) is 0.158. The maximum atomic E-state index is 9.09. The largest absolute Gasteiger partial charge is 0.484 e. The Morgan fingerprint density at radius 3 is 3.00 bits per heavy atom. The van der Waals surface area contributed by atoms with Crippen LogP contribution in [0.15, 0.2) is 41.3 Å². The highest BCUT2D eigenvalue weighted by Crippen LogP contribution is 2.36. The molecule has 0 aliphatic heterocycles. The molecule has 27 heavy (non-hydrogen) atoms. The lowest BCUT2D eigenvalue weighted by Crippen LogP contribution is -2.09. The fourth-order valence-corrected chi connectivity index (χ4v) is 3.29. The van der Waals surface area contributed by atoms with Gasteiger partial charge >= 0.3 is 0 Å². The van der Waals surface area contributed by atoms with E-state index in [1.54, 1.807) is 24.3 Å². The fourth-order valence-electron chi connectivity index (χ4n) is 3.10. The number of halogens is 1. The summed E-state index contributed by atoms with van der Waals surface area (Å²) in [4.78, 5) is 8.17. The normalized spacial score (nSPS) is 15.2. The number of hydrogen-bond donors (Lipinski definition) is 2. The number of rotatable bonds is 4. The lowest BCUT2D eigenvalue weighted by molar-refractivity contribution is 0.203. The molecule has 1 aromatic carbocycles. The van der Waals surface area contributed by atoms with Crippen LogP contribution in [0.25, 0.3) is 0 Å². The van der Waals surface area contributed by atoms with Crippen LogP contribution >= 0.6 is 11.6 Å². The molecule has 3 N–H and O–H groups in total. The molecule has 7 nitrogen and oxygen atoms in total. The van der Waals surface area contributed by atoms with Gasteiger partial charge in [0.15, 0.2) is 12.2 Å². The standard InChI is InChI=1S/C19H14ClN5O2/c20-19-11(7-21)5-10-1-4-15(18(10)25-19)27-12-2-3-14(22)13(6-12)17(23)16-8-24-9-26-16/h2-3,5-6,8-9,15,23H,1,4,22H2. The second kappa shape index (κ2) is 6.74. The number of nitrogens with one attached hydrogen (secondary N) is 1. The number of nitrogen functional groups attached to an aromatic ring is 1. The first-order chi connectivity index (χ1) is 13.1. The van der Waals surface area contributed by atoms with Gasteiger partial charge in [-0.25, -0.2) is 9.97 Å². The number of nitrogens with two attached hydrogens (primary N) is 1. The second-order valence-electron chi connectivity index (χ2n) is 6.12. The Balaban J connectivity index is 1.62. The van der Waals surface area contributed by atoms with Gasteiger partial charge in [0, 0.05) is 11.3 Å². The molecule has 0 radical (unpaired) electrons. The van der Waals surface area contributed by atoms with Crippen LogP contribution in [0.5, 0.6) is 5.75 Å². The predicted octanol–water partition coefficient (Wildman–Crippen LogP) is 3.66. The van der Waals surface area contributed by atoms with Crippen LogP contribution in [-0.4, -0.2) is 15.7 Å². The van der Waals surface area contributed by atoms with E-state index < -0.39 is 0 Å². The van der Waals surface area contributed by atoms with E-state index in [1.807, 2.05) is 6.07 Å². The maximum Gasteiger partial charge on any atom is 0.181 e. The van der Waals surface area contributed by atoms with Gasteiger partial charge in [-0.15, -0.1) is 0 Å².